The van der Waals surface area contributed by atoms with E-state index in [1.54, 1.807) is 24.3 Å². The van der Waals surface area contributed by atoms with Crippen LogP contribution >= 0.6 is 0 Å². The molecule has 1 aliphatic rings. The van der Waals surface area contributed by atoms with E-state index in [2.05, 4.69) is 10.3 Å². The number of nitrogens with zero attached hydrogens (tertiary/aromatic N) is 4. The predicted octanol–water partition coefficient (Wildman–Crippen LogP) is 1.15. The topological polar surface area (TPSA) is 88.3 Å². The van der Waals surface area contributed by atoms with Gasteiger partial charge in [-0.15, -0.1) is 5.10 Å². The van der Waals surface area contributed by atoms with Crippen LogP contribution in [0.5, 0.6) is 0 Å². The molecule has 1 aromatic carbocycles. The van der Waals surface area contributed by atoms with Crippen molar-refractivity contribution in [3.05, 3.63) is 24.3 Å². The molecule has 2 aromatic rings. The zero-order valence-corrected chi connectivity index (χ0v) is 12.3. The fraction of sp³-hybridized carbons (Fsp3) is 0.429. The van der Waals surface area contributed by atoms with Crippen molar-refractivity contribution >= 4 is 22.9 Å². The molecule has 0 spiro atoms. The van der Waals surface area contributed by atoms with Crippen LogP contribution in [0.1, 0.15) is 0 Å². The number of hydrogen-bond donors (Lipinski definition) is 1. The van der Waals surface area contributed by atoms with E-state index in [4.69, 9.17) is 5.11 Å². The van der Waals surface area contributed by atoms with E-state index in [0.717, 1.165) is 4.90 Å². The number of aliphatic carboxylic acids is 1. The number of carbonyl (C=O) groups excluding carboxylic acids is 1. The molecule has 1 saturated heterocycles. The van der Waals surface area contributed by atoms with E-state index in [9.17, 15) is 22.8 Å². The Kier molecular flexibility index (Phi) is 3.90. The SMILES string of the molecule is O=C(O)[C@@H]1CN(C(=O)Cn2nnc3ccccc32)C[C@H]1C(F)(F)F. The van der Waals surface area contributed by atoms with E-state index in [0.29, 0.717) is 11.0 Å². The van der Waals surface area contributed by atoms with Gasteiger partial charge in [0.2, 0.25) is 5.91 Å². The first-order valence-electron chi connectivity index (χ1n) is 7.13. The number of halogens is 3. The van der Waals surface area contributed by atoms with Crippen LogP contribution < -0.4 is 0 Å². The molecule has 1 fully saturated rings. The van der Waals surface area contributed by atoms with Crippen molar-refractivity contribution in [2.75, 3.05) is 13.1 Å². The van der Waals surface area contributed by atoms with Crippen molar-refractivity contribution in [3.8, 4) is 0 Å². The summed E-state index contributed by atoms with van der Waals surface area (Å²) in [5.41, 5.74) is 1.13. The van der Waals surface area contributed by atoms with E-state index in [1.807, 2.05) is 0 Å². The zero-order valence-electron chi connectivity index (χ0n) is 12.3. The number of aromatic nitrogens is 3. The molecule has 0 aliphatic carbocycles. The Morgan fingerprint density at radius 2 is 1.96 bits per heavy atom. The van der Waals surface area contributed by atoms with Crippen LogP contribution in [-0.4, -0.2) is 56.1 Å². The van der Waals surface area contributed by atoms with E-state index in [-0.39, 0.29) is 6.54 Å². The van der Waals surface area contributed by atoms with Crippen LogP contribution in [0, 0.1) is 11.8 Å². The van der Waals surface area contributed by atoms with Crippen LogP contribution in [0.15, 0.2) is 24.3 Å². The number of fused-ring (bicyclic) bond motifs is 1. The first-order valence-corrected chi connectivity index (χ1v) is 7.13. The van der Waals surface area contributed by atoms with Gasteiger partial charge in [-0.2, -0.15) is 13.2 Å². The van der Waals surface area contributed by atoms with Crippen molar-refractivity contribution in [3.63, 3.8) is 0 Å². The molecule has 1 aliphatic heterocycles. The Bertz CT molecular complexity index is 789. The van der Waals surface area contributed by atoms with Crippen molar-refractivity contribution in [1.82, 2.24) is 19.9 Å². The van der Waals surface area contributed by atoms with Gasteiger partial charge in [-0.3, -0.25) is 9.59 Å². The summed E-state index contributed by atoms with van der Waals surface area (Å²) in [5.74, 6) is -5.89. The smallest absolute Gasteiger partial charge is 0.394 e. The quantitative estimate of drug-likeness (QED) is 0.904. The number of carbonyl (C=O) groups is 2. The number of hydrogen-bond acceptors (Lipinski definition) is 4. The number of rotatable bonds is 3. The van der Waals surface area contributed by atoms with Gasteiger partial charge in [0.05, 0.1) is 17.4 Å². The number of benzene rings is 1. The maximum Gasteiger partial charge on any atom is 0.394 e. The number of para-hydroxylation sites is 1. The van der Waals surface area contributed by atoms with Crippen molar-refractivity contribution in [2.45, 2.75) is 12.7 Å². The molecule has 0 saturated carbocycles. The van der Waals surface area contributed by atoms with Crippen LogP contribution in [0.3, 0.4) is 0 Å². The molecule has 2 atom stereocenters. The first kappa shape index (κ1) is 16.2. The highest BCUT2D eigenvalue weighted by Crippen LogP contribution is 2.37. The summed E-state index contributed by atoms with van der Waals surface area (Å²) in [6.45, 7) is -1.42. The van der Waals surface area contributed by atoms with Crippen LogP contribution in [0.4, 0.5) is 13.2 Å². The van der Waals surface area contributed by atoms with Crippen LogP contribution in [0.2, 0.25) is 0 Å². The lowest BCUT2D eigenvalue weighted by Crippen LogP contribution is -2.34. The molecule has 0 unspecified atom stereocenters. The van der Waals surface area contributed by atoms with Gasteiger partial charge in [0.25, 0.3) is 0 Å². The summed E-state index contributed by atoms with van der Waals surface area (Å²) in [6, 6.07) is 6.85. The second-order valence-corrected chi connectivity index (χ2v) is 5.63. The molecule has 128 valence electrons. The Labute approximate surface area is 133 Å². The maximum absolute atomic E-state index is 13.0. The van der Waals surface area contributed by atoms with Crippen molar-refractivity contribution in [2.24, 2.45) is 11.8 Å². The number of likely N-dealkylation sites (tertiary alicyclic amines) is 1. The van der Waals surface area contributed by atoms with E-state index >= 15 is 0 Å². The number of alkyl halides is 3. The lowest BCUT2D eigenvalue weighted by atomic mass is 9.96. The molecule has 1 amide bonds. The van der Waals surface area contributed by atoms with Gasteiger partial charge in [-0.1, -0.05) is 17.3 Å². The van der Waals surface area contributed by atoms with Crippen LogP contribution in [0.25, 0.3) is 11.0 Å². The Morgan fingerprint density at radius 1 is 1.25 bits per heavy atom. The average molecular weight is 342 g/mol. The summed E-state index contributed by atoms with van der Waals surface area (Å²) in [7, 11) is 0. The van der Waals surface area contributed by atoms with Gasteiger partial charge >= 0.3 is 12.1 Å². The van der Waals surface area contributed by atoms with E-state index < -0.39 is 43.0 Å². The molecule has 3 rings (SSSR count). The largest absolute Gasteiger partial charge is 0.481 e. The van der Waals surface area contributed by atoms with Gasteiger partial charge in [0, 0.05) is 13.1 Å². The fourth-order valence-electron chi connectivity index (χ4n) is 2.85. The number of amides is 1. The molecule has 2 heterocycles. The van der Waals surface area contributed by atoms with Gasteiger partial charge < -0.3 is 10.0 Å². The van der Waals surface area contributed by atoms with Gasteiger partial charge in [0.1, 0.15) is 12.1 Å². The molecule has 7 nitrogen and oxygen atoms in total. The zero-order chi connectivity index (χ0) is 17.5. The highest BCUT2D eigenvalue weighted by Gasteiger charge is 2.53. The molecule has 10 heteroatoms. The molecule has 1 N–H and O–H groups in total. The first-order chi connectivity index (χ1) is 11.3. The molecule has 0 bridgehead atoms. The summed E-state index contributed by atoms with van der Waals surface area (Å²) < 4.78 is 40.2. The lowest BCUT2D eigenvalue weighted by molar-refractivity contribution is -0.188. The highest BCUT2D eigenvalue weighted by atomic mass is 19.4. The Balaban J connectivity index is 1.77. The van der Waals surface area contributed by atoms with E-state index in [1.165, 1.54) is 4.68 Å². The van der Waals surface area contributed by atoms with Crippen molar-refractivity contribution in [1.29, 1.82) is 0 Å². The minimum atomic E-state index is -4.67. The minimum Gasteiger partial charge on any atom is -0.481 e. The predicted molar refractivity (Wildman–Crippen MR) is 74.8 cm³/mol. The monoisotopic (exact) mass is 342 g/mol. The molecular weight excluding hydrogens is 329 g/mol. The maximum atomic E-state index is 13.0. The second kappa shape index (κ2) is 5.77. The Morgan fingerprint density at radius 3 is 2.58 bits per heavy atom. The molecule has 24 heavy (non-hydrogen) atoms. The summed E-state index contributed by atoms with van der Waals surface area (Å²) in [6.07, 6.45) is -4.67. The third-order valence-electron chi connectivity index (χ3n) is 4.12. The van der Waals surface area contributed by atoms with Crippen molar-refractivity contribution < 1.29 is 27.9 Å². The molecule has 1 aromatic heterocycles. The molecular formula is C14H13F3N4O3. The molecule has 0 radical (unpaired) electrons. The lowest BCUT2D eigenvalue weighted by Gasteiger charge is -2.18. The summed E-state index contributed by atoms with van der Waals surface area (Å²) >= 11 is 0. The number of carboxylic acid groups (broad SMARTS) is 1. The highest BCUT2D eigenvalue weighted by molar-refractivity contribution is 5.81. The number of carboxylic acids is 1. The third-order valence-corrected chi connectivity index (χ3v) is 4.12. The third kappa shape index (κ3) is 2.91. The van der Waals surface area contributed by atoms with Crippen LogP contribution in [-0.2, 0) is 16.1 Å². The Hall–Kier alpha value is -2.65. The van der Waals surface area contributed by atoms with Gasteiger partial charge in [0.15, 0.2) is 0 Å². The average Bonchev–Trinajstić information content (AvgIpc) is 3.11. The van der Waals surface area contributed by atoms with Gasteiger partial charge in [-0.05, 0) is 12.1 Å². The second-order valence-electron chi connectivity index (χ2n) is 5.63. The fourth-order valence-corrected chi connectivity index (χ4v) is 2.85. The normalized spacial score (nSPS) is 21.4. The summed E-state index contributed by atoms with van der Waals surface area (Å²) in [5, 5.41) is 16.7. The standard InChI is InChI=1S/C14H13F3N4O3/c15-14(16,17)9-6-20(5-8(9)13(23)24)12(22)7-21-11-4-2-1-3-10(11)18-19-21/h1-4,8-9H,5-7H2,(H,23,24)/t8-,9-/m1/s1. The van der Waals surface area contributed by atoms with Gasteiger partial charge in [-0.25, -0.2) is 4.68 Å². The summed E-state index contributed by atoms with van der Waals surface area (Å²) in [4.78, 5) is 24.3. The minimum absolute atomic E-state index is 0.294.